The van der Waals surface area contributed by atoms with Crippen LogP contribution in [0.5, 0.6) is 0 Å². The van der Waals surface area contributed by atoms with E-state index in [0.717, 1.165) is 5.56 Å². The Kier molecular flexibility index (Phi) is 8.15. The lowest BCUT2D eigenvalue weighted by Gasteiger charge is -2.23. The van der Waals surface area contributed by atoms with Crippen LogP contribution in [0.1, 0.15) is 29.3 Å². The fourth-order valence-corrected chi connectivity index (χ4v) is 4.71. The van der Waals surface area contributed by atoms with Crippen LogP contribution in [0.25, 0.3) is 0 Å². The summed E-state index contributed by atoms with van der Waals surface area (Å²) in [6, 6.07) is 18.3. The van der Waals surface area contributed by atoms with Crippen molar-refractivity contribution in [3.63, 3.8) is 0 Å². The number of carbonyl (C=O) groups excluding carboxylic acids is 2. The highest BCUT2D eigenvalue weighted by molar-refractivity contribution is 7.92. The van der Waals surface area contributed by atoms with Crippen LogP contribution in [0.3, 0.4) is 0 Å². The molecule has 0 aliphatic carbocycles. The van der Waals surface area contributed by atoms with E-state index in [1.54, 1.807) is 55.7 Å². The first-order chi connectivity index (χ1) is 15.9. The highest BCUT2D eigenvalue weighted by atomic mass is 32.2. The summed E-state index contributed by atoms with van der Waals surface area (Å²) in [5.41, 5.74) is 1.68. The molecule has 9 heteroatoms. The lowest BCUT2D eigenvalue weighted by molar-refractivity contribution is -0.121. The first-order valence-corrected chi connectivity index (χ1v) is 12.0. The zero-order valence-electron chi connectivity index (χ0n) is 18.3. The molecule has 3 rings (SSSR count). The van der Waals surface area contributed by atoms with Gasteiger partial charge in [0.1, 0.15) is 0 Å². The highest BCUT2D eigenvalue weighted by Gasteiger charge is 2.24. The smallest absolute Gasteiger partial charge is 0.264 e. The van der Waals surface area contributed by atoms with Crippen molar-refractivity contribution >= 4 is 27.5 Å². The maximum atomic E-state index is 13.2. The van der Waals surface area contributed by atoms with Gasteiger partial charge in [0.25, 0.3) is 15.9 Å². The molecular weight excluding hydrogens is 440 g/mol. The summed E-state index contributed by atoms with van der Waals surface area (Å²) >= 11 is 0. The Morgan fingerprint density at radius 3 is 2.36 bits per heavy atom. The van der Waals surface area contributed by atoms with Gasteiger partial charge in [-0.05, 0) is 55.0 Å². The molecule has 0 saturated heterocycles. The number of hydrogen-bond acceptors (Lipinski definition) is 5. The molecule has 33 heavy (non-hydrogen) atoms. The summed E-state index contributed by atoms with van der Waals surface area (Å²) in [5.74, 6) is -0.651. The Bertz CT molecular complexity index is 1190. The Morgan fingerprint density at radius 1 is 0.939 bits per heavy atom. The standard InChI is InChI=1S/C24H26N4O4S/c1-2-28(21-8-4-3-5-9-21)33(31,32)22-10-6-7-20(17-22)24(30)26-16-13-23(29)27-18-19-11-14-25-15-12-19/h3-12,14-15,17H,2,13,16,18H2,1H3,(H,26,30)(H,27,29). The number of carbonyl (C=O) groups is 2. The van der Waals surface area contributed by atoms with Crippen molar-refractivity contribution in [2.75, 3.05) is 17.4 Å². The number of pyridine rings is 1. The first kappa shape index (κ1) is 23.9. The van der Waals surface area contributed by atoms with Gasteiger partial charge in [-0.2, -0.15) is 0 Å². The number of aromatic nitrogens is 1. The molecule has 0 radical (unpaired) electrons. The first-order valence-electron chi connectivity index (χ1n) is 10.5. The number of amides is 2. The van der Waals surface area contributed by atoms with Crippen LogP contribution >= 0.6 is 0 Å². The highest BCUT2D eigenvalue weighted by Crippen LogP contribution is 2.23. The van der Waals surface area contributed by atoms with E-state index in [4.69, 9.17) is 0 Å². The SMILES string of the molecule is CCN(c1ccccc1)S(=O)(=O)c1cccc(C(=O)NCCC(=O)NCc2ccncc2)c1. The Morgan fingerprint density at radius 2 is 1.67 bits per heavy atom. The molecule has 0 aliphatic heterocycles. The van der Waals surface area contributed by atoms with Crippen LogP contribution in [-0.2, 0) is 21.4 Å². The molecule has 0 atom stereocenters. The maximum Gasteiger partial charge on any atom is 0.264 e. The third kappa shape index (κ3) is 6.39. The topological polar surface area (TPSA) is 108 Å². The maximum absolute atomic E-state index is 13.2. The molecule has 0 saturated carbocycles. The van der Waals surface area contributed by atoms with Gasteiger partial charge in [-0.1, -0.05) is 24.3 Å². The Hall–Kier alpha value is -3.72. The Balaban J connectivity index is 1.59. The third-order valence-corrected chi connectivity index (χ3v) is 6.79. The van der Waals surface area contributed by atoms with Gasteiger partial charge in [0, 0.05) is 44.0 Å². The van der Waals surface area contributed by atoms with Crippen molar-refractivity contribution < 1.29 is 18.0 Å². The van der Waals surface area contributed by atoms with Gasteiger partial charge in [-0.3, -0.25) is 18.9 Å². The van der Waals surface area contributed by atoms with Gasteiger partial charge < -0.3 is 10.6 Å². The van der Waals surface area contributed by atoms with Crippen molar-refractivity contribution in [1.82, 2.24) is 15.6 Å². The van der Waals surface area contributed by atoms with Gasteiger partial charge in [-0.25, -0.2) is 8.42 Å². The predicted molar refractivity (Wildman–Crippen MR) is 126 cm³/mol. The number of benzene rings is 2. The molecule has 0 unspecified atom stereocenters. The second kappa shape index (κ2) is 11.2. The molecule has 0 aliphatic rings. The minimum Gasteiger partial charge on any atom is -0.352 e. The summed E-state index contributed by atoms with van der Waals surface area (Å²) < 4.78 is 27.6. The monoisotopic (exact) mass is 466 g/mol. The predicted octanol–water partition coefficient (Wildman–Crippen LogP) is 2.73. The van der Waals surface area contributed by atoms with Crippen molar-refractivity contribution in [2.24, 2.45) is 0 Å². The van der Waals surface area contributed by atoms with E-state index >= 15 is 0 Å². The van der Waals surface area contributed by atoms with Crippen LogP contribution in [-0.4, -0.2) is 38.3 Å². The summed E-state index contributed by atoms with van der Waals surface area (Å²) in [7, 11) is -3.84. The average Bonchev–Trinajstić information content (AvgIpc) is 2.84. The number of nitrogens with zero attached hydrogens (tertiary/aromatic N) is 2. The van der Waals surface area contributed by atoms with Gasteiger partial charge >= 0.3 is 0 Å². The largest absolute Gasteiger partial charge is 0.352 e. The van der Waals surface area contributed by atoms with E-state index in [9.17, 15) is 18.0 Å². The van der Waals surface area contributed by atoms with Crippen LogP contribution in [0.15, 0.2) is 84.0 Å². The number of hydrogen-bond donors (Lipinski definition) is 2. The van der Waals surface area contributed by atoms with Gasteiger partial charge in [0.2, 0.25) is 5.91 Å². The molecule has 2 N–H and O–H groups in total. The molecule has 0 spiro atoms. The zero-order valence-corrected chi connectivity index (χ0v) is 19.1. The minimum atomic E-state index is -3.84. The van der Waals surface area contributed by atoms with Crippen molar-refractivity contribution in [3.8, 4) is 0 Å². The second-order valence-corrected chi connectivity index (χ2v) is 9.03. The fraction of sp³-hybridized carbons (Fsp3) is 0.208. The molecule has 1 heterocycles. The molecule has 172 valence electrons. The van der Waals surface area contributed by atoms with E-state index in [1.807, 2.05) is 6.07 Å². The summed E-state index contributed by atoms with van der Waals surface area (Å²) in [4.78, 5) is 28.5. The minimum absolute atomic E-state index is 0.0240. The lowest BCUT2D eigenvalue weighted by atomic mass is 10.2. The van der Waals surface area contributed by atoms with Crippen LogP contribution < -0.4 is 14.9 Å². The molecule has 2 amide bonds. The number of sulfonamides is 1. The van der Waals surface area contributed by atoms with Gasteiger partial charge in [0.15, 0.2) is 0 Å². The van der Waals surface area contributed by atoms with E-state index in [1.165, 1.54) is 28.6 Å². The number of para-hydroxylation sites is 1. The summed E-state index contributed by atoms with van der Waals surface area (Å²) in [5, 5.41) is 5.44. The summed E-state index contributed by atoms with van der Waals surface area (Å²) in [6.45, 7) is 2.51. The molecule has 3 aromatic rings. The average molecular weight is 467 g/mol. The molecule has 2 aromatic carbocycles. The normalized spacial score (nSPS) is 10.9. The second-order valence-electron chi connectivity index (χ2n) is 7.17. The van der Waals surface area contributed by atoms with E-state index in [2.05, 4.69) is 15.6 Å². The van der Waals surface area contributed by atoms with E-state index in [-0.39, 0.29) is 35.9 Å². The summed E-state index contributed by atoms with van der Waals surface area (Å²) in [6.07, 6.45) is 3.40. The molecular formula is C24H26N4O4S. The lowest BCUT2D eigenvalue weighted by Crippen LogP contribution is -2.32. The van der Waals surface area contributed by atoms with Crippen LogP contribution in [0.2, 0.25) is 0 Å². The van der Waals surface area contributed by atoms with Gasteiger partial charge in [-0.15, -0.1) is 0 Å². The number of nitrogens with one attached hydrogen (secondary N) is 2. The van der Waals surface area contributed by atoms with Crippen molar-refractivity contribution in [3.05, 3.63) is 90.3 Å². The molecule has 0 bridgehead atoms. The molecule has 0 fully saturated rings. The van der Waals surface area contributed by atoms with Gasteiger partial charge in [0.05, 0.1) is 10.6 Å². The number of anilines is 1. The zero-order chi connectivity index (χ0) is 23.7. The molecule has 8 nitrogen and oxygen atoms in total. The van der Waals surface area contributed by atoms with E-state index < -0.39 is 15.9 Å². The van der Waals surface area contributed by atoms with Crippen LogP contribution in [0, 0.1) is 0 Å². The number of rotatable bonds is 10. The quantitative estimate of drug-likeness (QED) is 0.478. The Labute approximate surface area is 193 Å². The fourth-order valence-electron chi connectivity index (χ4n) is 3.19. The molecule has 1 aromatic heterocycles. The van der Waals surface area contributed by atoms with Crippen molar-refractivity contribution in [1.29, 1.82) is 0 Å². The third-order valence-electron chi connectivity index (χ3n) is 4.89. The van der Waals surface area contributed by atoms with Crippen LogP contribution in [0.4, 0.5) is 5.69 Å². The van der Waals surface area contributed by atoms with Crippen molar-refractivity contribution in [2.45, 2.75) is 24.8 Å². The van der Waals surface area contributed by atoms with E-state index in [0.29, 0.717) is 12.2 Å².